The molecule has 3 N–H and O–H groups in total. The average molecular weight is 448 g/mol. The molecule has 3 amide bonds. The normalized spacial score (nSPS) is 16.4. The van der Waals surface area contributed by atoms with Gasteiger partial charge in [0.1, 0.15) is 4.33 Å². The highest BCUT2D eigenvalue weighted by Crippen LogP contribution is 2.55. The maximum absolute atomic E-state index is 12.2. The largest absolute Gasteiger partial charge is 0.329 e. The molecule has 1 aliphatic carbocycles. The zero-order valence-corrected chi connectivity index (χ0v) is 17.7. The minimum absolute atomic E-state index is 0.176. The van der Waals surface area contributed by atoms with Crippen molar-refractivity contribution in [1.29, 1.82) is 0 Å². The highest BCUT2D eigenvalue weighted by atomic mass is 35.5. The van der Waals surface area contributed by atoms with Crippen LogP contribution in [0.15, 0.2) is 53.4 Å². The second-order valence-corrected chi connectivity index (χ2v) is 9.15. The Morgan fingerprint density at radius 3 is 2.66 bits per heavy atom. The number of hydrogen-bond donors (Lipinski definition) is 3. The Morgan fingerprint density at radius 1 is 1.17 bits per heavy atom. The summed E-state index contributed by atoms with van der Waals surface area (Å²) in [5, 5.41) is 8.00. The van der Waals surface area contributed by atoms with E-state index >= 15 is 0 Å². The number of benzene rings is 2. The Balaban J connectivity index is 1.48. The van der Waals surface area contributed by atoms with E-state index in [9.17, 15) is 9.59 Å². The number of urea groups is 1. The maximum Gasteiger partial charge on any atom is 0.319 e. The Morgan fingerprint density at radius 2 is 1.93 bits per heavy atom. The number of rotatable bonds is 7. The third-order valence-corrected chi connectivity index (χ3v) is 6.42. The minimum Gasteiger partial charge on any atom is -0.329 e. The number of anilines is 2. The fraction of sp³-hybridized carbons (Fsp3) is 0.238. The summed E-state index contributed by atoms with van der Waals surface area (Å²) >= 11 is 13.7. The molecule has 2 aromatic carbocycles. The van der Waals surface area contributed by atoms with Gasteiger partial charge >= 0.3 is 6.03 Å². The van der Waals surface area contributed by atoms with Crippen molar-refractivity contribution in [3.8, 4) is 12.3 Å². The van der Waals surface area contributed by atoms with Crippen molar-refractivity contribution in [2.24, 2.45) is 5.92 Å². The van der Waals surface area contributed by atoms with E-state index in [0.29, 0.717) is 16.9 Å². The van der Waals surface area contributed by atoms with Crippen LogP contribution in [0.2, 0.25) is 0 Å². The van der Waals surface area contributed by atoms with Crippen LogP contribution in [0, 0.1) is 18.3 Å². The molecule has 0 aliphatic heterocycles. The van der Waals surface area contributed by atoms with Crippen LogP contribution < -0.4 is 16.0 Å². The number of carbonyl (C=O) groups is 2. The molecule has 0 bridgehead atoms. The van der Waals surface area contributed by atoms with Gasteiger partial charge in [-0.3, -0.25) is 4.79 Å². The molecule has 0 spiro atoms. The number of terminal acetylenes is 1. The summed E-state index contributed by atoms with van der Waals surface area (Å²) in [5.74, 6) is 3.16. The molecule has 5 nitrogen and oxygen atoms in total. The summed E-state index contributed by atoms with van der Waals surface area (Å²) < 4.78 is -0.625. The smallest absolute Gasteiger partial charge is 0.319 e. The van der Waals surface area contributed by atoms with Crippen LogP contribution in [0.4, 0.5) is 16.2 Å². The number of carbonyl (C=O) groups excluding carboxylic acids is 2. The average Bonchev–Trinajstić information content (AvgIpc) is 3.32. The van der Waals surface area contributed by atoms with Gasteiger partial charge in [-0.05, 0) is 36.8 Å². The Labute approximate surface area is 183 Å². The second-order valence-electron chi connectivity index (χ2n) is 6.55. The maximum atomic E-state index is 12.2. The van der Waals surface area contributed by atoms with Crippen molar-refractivity contribution < 1.29 is 9.59 Å². The van der Waals surface area contributed by atoms with E-state index in [4.69, 9.17) is 29.6 Å². The van der Waals surface area contributed by atoms with Gasteiger partial charge in [0.2, 0.25) is 5.91 Å². The summed E-state index contributed by atoms with van der Waals surface area (Å²) in [6.45, 7) is -0.176. The van der Waals surface area contributed by atoms with Gasteiger partial charge < -0.3 is 16.0 Å². The van der Waals surface area contributed by atoms with Crippen LogP contribution in [-0.4, -0.2) is 28.6 Å². The predicted molar refractivity (Wildman–Crippen MR) is 120 cm³/mol. The Hall–Kier alpha value is -2.33. The predicted octanol–water partition coefficient (Wildman–Crippen LogP) is 4.71. The molecule has 1 unspecified atom stereocenters. The molecule has 0 saturated heterocycles. The first-order chi connectivity index (χ1) is 13.9. The van der Waals surface area contributed by atoms with E-state index in [1.54, 1.807) is 42.1 Å². The van der Waals surface area contributed by atoms with Crippen LogP contribution in [-0.2, 0) is 4.79 Å². The standard InChI is InChI=1S/C21H19Cl2N3O2S/c1-2-14-6-5-7-16(10-14)25-19(27)12-24-20(28)26-17-8-3-4-9-18(17)29-13-15-11-21(15,22)23/h1,3-10,15H,11-13H2,(H,25,27)(H2,24,26,28). The molecule has 1 aliphatic rings. The van der Waals surface area contributed by atoms with Gasteiger partial charge in [-0.25, -0.2) is 4.79 Å². The van der Waals surface area contributed by atoms with E-state index < -0.39 is 10.4 Å². The van der Waals surface area contributed by atoms with E-state index in [2.05, 4.69) is 21.9 Å². The molecule has 8 heteroatoms. The third kappa shape index (κ3) is 6.33. The van der Waals surface area contributed by atoms with Crippen LogP contribution in [0.1, 0.15) is 12.0 Å². The van der Waals surface area contributed by atoms with Gasteiger partial charge in [0.25, 0.3) is 0 Å². The summed E-state index contributed by atoms with van der Waals surface area (Å²) in [5.41, 5.74) is 1.89. The molecule has 2 aromatic rings. The van der Waals surface area contributed by atoms with Crippen molar-refractivity contribution in [3.05, 3.63) is 54.1 Å². The summed E-state index contributed by atoms with van der Waals surface area (Å²) in [4.78, 5) is 25.2. The molecule has 0 aromatic heterocycles. The first-order valence-corrected chi connectivity index (χ1v) is 10.6. The molecule has 0 heterocycles. The molecule has 1 saturated carbocycles. The van der Waals surface area contributed by atoms with E-state index in [1.165, 1.54) is 0 Å². The number of amides is 3. The number of nitrogens with one attached hydrogen (secondary N) is 3. The van der Waals surface area contributed by atoms with E-state index in [0.717, 1.165) is 17.1 Å². The van der Waals surface area contributed by atoms with Gasteiger partial charge in [-0.1, -0.05) is 24.1 Å². The zero-order chi connectivity index (χ0) is 20.9. The third-order valence-electron chi connectivity index (χ3n) is 4.25. The molecule has 3 rings (SSSR count). The summed E-state index contributed by atoms with van der Waals surface area (Å²) in [6, 6.07) is 13.9. The second kappa shape index (κ2) is 9.45. The van der Waals surface area contributed by atoms with Gasteiger partial charge in [-0.2, -0.15) is 0 Å². The molecule has 150 valence electrons. The van der Waals surface area contributed by atoms with E-state index in [-0.39, 0.29) is 18.4 Å². The molecule has 29 heavy (non-hydrogen) atoms. The first-order valence-electron chi connectivity index (χ1n) is 8.88. The van der Waals surface area contributed by atoms with Crippen molar-refractivity contribution in [1.82, 2.24) is 5.32 Å². The Bertz CT molecular complexity index is 959. The number of para-hydroxylation sites is 1. The fourth-order valence-electron chi connectivity index (χ4n) is 2.56. The lowest BCUT2D eigenvalue weighted by Crippen LogP contribution is -2.35. The zero-order valence-electron chi connectivity index (χ0n) is 15.4. The SMILES string of the molecule is C#Cc1cccc(NC(=O)CNC(=O)Nc2ccccc2SCC2CC2(Cl)Cl)c1. The lowest BCUT2D eigenvalue weighted by molar-refractivity contribution is -0.115. The molecular formula is C21H19Cl2N3O2S. The molecule has 0 radical (unpaired) electrons. The summed E-state index contributed by atoms with van der Waals surface area (Å²) in [6.07, 6.45) is 6.12. The van der Waals surface area contributed by atoms with E-state index in [1.807, 2.05) is 18.2 Å². The van der Waals surface area contributed by atoms with Crippen LogP contribution in [0.25, 0.3) is 0 Å². The fourth-order valence-corrected chi connectivity index (χ4v) is 4.50. The van der Waals surface area contributed by atoms with Crippen LogP contribution in [0.5, 0.6) is 0 Å². The molecule has 1 fully saturated rings. The lowest BCUT2D eigenvalue weighted by atomic mass is 10.2. The summed E-state index contributed by atoms with van der Waals surface area (Å²) in [7, 11) is 0. The number of alkyl halides is 2. The number of hydrogen-bond acceptors (Lipinski definition) is 3. The van der Waals surface area contributed by atoms with Crippen molar-refractivity contribution in [2.75, 3.05) is 22.9 Å². The lowest BCUT2D eigenvalue weighted by Gasteiger charge is -2.12. The van der Waals surface area contributed by atoms with Crippen molar-refractivity contribution >= 4 is 58.3 Å². The minimum atomic E-state index is -0.625. The van der Waals surface area contributed by atoms with Gasteiger partial charge in [0.05, 0.1) is 12.2 Å². The van der Waals surface area contributed by atoms with Gasteiger partial charge in [0.15, 0.2) is 0 Å². The quantitative estimate of drug-likeness (QED) is 0.326. The topological polar surface area (TPSA) is 70.2 Å². The number of halogens is 2. The van der Waals surface area contributed by atoms with Crippen LogP contribution in [0.3, 0.4) is 0 Å². The van der Waals surface area contributed by atoms with Gasteiger partial charge in [0, 0.05) is 27.8 Å². The molecular weight excluding hydrogens is 429 g/mol. The number of thioether (sulfide) groups is 1. The highest BCUT2D eigenvalue weighted by Gasteiger charge is 2.51. The monoisotopic (exact) mass is 447 g/mol. The molecule has 1 atom stereocenters. The first kappa shape index (κ1) is 21.4. The van der Waals surface area contributed by atoms with Gasteiger partial charge in [-0.15, -0.1) is 41.4 Å². The van der Waals surface area contributed by atoms with Crippen molar-refractivity contribution in [3.63, 3.8) is 0 Å². The Kier molecular flexibility index (Phi) is 6.96. The highest BCUT2D eigenvalue weighted by molar-refractivity contribution is 7.99. The van der Waals surface area contributed by atoms with Crippen molar-refractivity contribution in [2.45, 2.75) is 15.6 Å². The van der Waals surface area contributed by atoms with Crippen LogP contribution >= 0.6 is 35.0 Å².